The maximum Gasteiger partial charge on any atom is 0.293 e. The predicted molar refractivity (Wildman–Crippen MR) is 131 cm³/mol. The Morgan fingerprint density at radius 2 is 1.85 bits per heavy atom. The SMILES string of the molecule is CC(C)(COc1ccccc1C1CCN([C@@H]2CCC3(C2)CN(c2cncnc2)C3)CC1)OC=O. The lowest BCUT2D eigenvalue weighted by atomic mass is 9.77. The largest absolute Gasteiger partial charge is 0.489 e. The van der Waals surface area contributed by atoms with E-state index in [2.05, 4.69) is 31.9 Å². The van der Waals surface area contributed by atoms with Gasteiger partial charge in [-0.2, -0.15) is 0 Å². The van der Waals surface area contributed by atoms with Crippen molar-refractivity contribution in [1.29, 1.82) is 0 Å². The summed E-state index contributed by atoms with van der Waals surface area (Å²) in [5.74, 6) is 1.43. The Morgan fingerprint density at radius 3 is 2.59 bits per heavy atom. The fraction of sp³-hybridized carbons (Fsp3) is 0.593. The lowest BCUT2D eigenvalue weighted by Crippen LogP contribution is -2.56. The molecular weight excluding hydrogens is 428 g/mol. The van der Waals surface area contributed by atoms with Crippen molar-refractivity contribution in [3.8, 4) is 5.75 Å². The van der Waals surface area contributed by atoms with Gasteiger partial charge in [0.1, 0.15) is 24.3 Å². The van der Waals surface area contributed by atoms with Crippen molar-refractivity contribution >= 4 is 12.2 Å². The molecule has 34 heavy (non-hydrogen) atoms. The average molecular weight is 465 g/mol. The Morgan fingerprint density at radius 1 is 1.12 bits per heavy atom. The Kier molecular flexibility index (Phi) is 6.47. The molecule has 7 nitrogen and oxygen atoms in total. The minimum Gasteiger partial charge on any atom is -0.489 e. The number of likely N-dealkylation sites (tertiary alicyclic amines) is 1. The first kappa shape index (κ1) is 23.1. The van der Waals surface area contributed by atoms with Crippen LogP contribution in [0.1, 0.15) is 57.4 Å². The molecule has 1 atom stereocenters. The van der Waals surface area contributed by atoms with Crippen LogP contribution in [0.15, 0.2) is 43.0 Å². The molecule has 0 radical (unpaired) electrons. The van der Waals surface area contributed by atoms with E-state index < -0.39 is 5.60 Å². The van der Waals surface area contributed by atoms with Gasteiger partial charge in [0.25, 0.3) is 6.47 Å². The molecule has 0 N–H and O–H groups in total. The second-order valence-corrected chi connectivity index (χ2v) is 11.0. The van der Waals surface area contributed by atoms with Crippen LogP contribution in [-0.2, 0) is 9.53 Å². The summed E-state index contributed by atoms with van der Waals surface area (Å²) in [7, 11) is 0. The van der Waals surface area contributed by atoms with Gasteiger partial charge in [0, 0.05) is 24.5 Å². The number of hydrogen-bond acceptors (Lipinski definition) is 7. The van der Waals surface area contributed by atoms with Gasteiger partial charge in [0.15, 0.2) is 0 Å². The van der Waals surface area contributed by atoms with Crippen LogP contribution >= 0.6 is 0 Å². The molecule has 2 saturated heterocycles. The number of ether oxygens (including phenoxy) is 2. The number of hydrogen-bond donors (Lipinski definition) is 0. The summed E-state index contributed by atoms with van der Waals surface area (Å²) in [5.41, 5.74) is 2.28. The smallest absolute Gasteiger partial charge is 0.293 e. The highest BCUT2D eigenvalue weighted by atomic mass is 16.6. The molecule has 7 heteroatoms. The number of carbonyl (C=O) groups is 1. The number of benzene rings is 1. The van der Waals surface area contributed by atoms with Crippen LogP contribution < -0.4 is 9.64 Å². The van der Waals surface area contributed by atoms with Gasteiger partial charge >= 0.3 is 0 Å². The normalized spacial score (nSPS) is 23.0. The van der Waals surface area contributed by atoms with E-state index in [9.17, 15) is 4.79 Å². The summed E-state index contributed by atoms with van der Waals surface area (Å²) in [6.45, 7) is 9.15. The number of aromatic nitrogens is 2. The molecule has 0 bridgehead atoms. The molecular formula is C27H36N4O3. The molecule has 2 aromatic rings. The zero-order valence-corrected chi connectivity index (χ0v) is 20.4. The molecule has 1 aromatic carbocycles. The Hall–Kier alpha value is -2.67. The molecule has 1 aliphatic carbocycles. The van der Waals surface area contributed by atoms with Crippen molar-refractivity contribution in [3.05, 3.63) is 48.5 Å². The number of rotatable bonds is 8. The molecule has 1 saturated carbocycles. The lowest BCUT2D eigenvalue weighted by Gasteiger charge is -2.50. The number of piperidine rings is 1. The van der Waals surface area contributed by atoms with Gasteiger partial charge in [-0.1, -0.05) is 18.2 Å². The molecule has 1 aromatic heterocycles. The molecule has 5 rings (SSSR count). The highest BCUT2D eigenvalue weighted by molar-refractivity contribution is 5.46. The van der Waals surface area contributed by atoms with Crippen molar-refractivity contribution < 1.29 is 14.3 Å². The number of para-hydroxylation sites is 1. The van der Waals surface area contributed by atoms with Crippen LogP contribution in [0.5, 0.6) is 5.75 Å². The summed E-state index contributed by atoms with van der Waals surface area (Å²) in [5, 5.41) is 0. The van der Waals surface area contributed by atoms with E-state index in [1.165, 1.54) is 24.8 Å². The zero-order chi connectivity index (χ0) is 23.6. The fourth-order valence-electron chi connectivity index (χ4n) is 6.12. The molecule has 1 spiro atoms. The minimum atomic E-state index is -0.638. The zero-order valence-electron chi connectivity index (χ0n) is 20.4. The van der Waals surface area contributed by atoms with Crippen molar-refractivity contribution in [1.82, 2.24) is 14.9 Å². The van der Waals surface area contributed by atoms with Crippen molar-refractivity contribution in [2.24, 2.45) is 5.41 Å². The molecule has 0 unspecified atom stereocenters. The first-order valence-corrected chi connectivity index (χ1v) is 12.5. The van der Waals surface area contributed by atoms with E-state index >= 15 is 0 Å². The van der Waals surface area contributed by atoms with E-state index in [4.69, 9.17) is 9.47 Å². The third-order valence-corrected chi connectivity index (χ3v) is 7.99. The topological polar surface area (TPSA) is 67.8 Å². The van der Waals surface area contributed by atoms with Gasteiger partial charge in [0.05, 0.1) is 18.1 Å². The van der Waals surface area contributed by atoms with Gasteiger partial charge in [-0.05, 0) is 76.6 Å². The first-order chi connectivity index (χ1) is 16.5. The number of carbonyl (C=O) groups excluding carboxylic acids is 1. The van der Waals surface area contributed by atoms with Crippen LogP contribution in [0.2, 0.25) is 0 Å². The van der Waals surface area contributed by atoms with Crippen molar-refractivity contribution in [2.75, 3.05) is 37.7 Å². The van der Waals surface area contributed by atoms with Crippen LogP contribution in [0, 0.1) is 5.41 Å². The van der Waals surface area contributed by atoms with E-state index in [1.54, 1.807) is 6.33 Å². The molecule has 0 amide bonds. The highest BCUT2D eigenvalue weighted by Gasteiger charge is 2.49. The first-order valence-electron chi connectivity index (χ1n) is 12.5. The maximum absolute atomic E-state index is 10.7. The van der Waals surface area contributed by atoms with E-state index in [1.807, 2.05) is 38.4 Å². The highest BCUT2D eigenvalue weighted by Crippen LogP contribution is 2.49. The fourth-order valence-corrected chi connectivity index (χ4v) is 6.12. The molecule has 2 aliphatic heterocycles. The predicted octanol–water partition coefficient (Wildman–Crippen LogP) is 4.05. The molecule has 3 heterocycles. The van der Waals surface area contributed by atoms with Gasteiger partial charge in [-0.15, -0.1) is 0 Å². The molecule has 3 fully saturated rings. The van der Waals surface area contributed by atoms with Crippen molar-refractivity contribution in [2.45, 2.75) is 63.5 Å². The summed E-state index contributed by atoms with van der Waals surface area (Å²) in [6, 6.07) is 9.07. The second kappa shape index (κ2) is 9.53. The Labute approximate surface area is 202 Å². The Bertz CT molecular complexity index is 969. The third-order valence-electron chi connectivity index (χ3n) is 7.99. The average Bonchev–Trinajstić information content (AvgIpc) is 3.29. The van der Waals surface area contributed by atoms with Gasteiger partial charge < -0.3 is 19.3 Å². The minimum absolute atomic E-state index is 0.345. The number of nitrogens with zero attached hydrogens (tertiary/aromatic N) is 4. The summed E-state index contributed by atoms with van der Waals surface area (Å²) in [4.78, 5) is 24.2. The molecule has 3 aliphatic rings. The third kappa shape index (κ3) is 4.90. The van der Waals surface area contributed by atoms with Gasteiger partial charge in [0.2, 0.25) is 0 Å². The van der Waals surface area contributed by atoms with Crippen LogP contribution in [0.4, 0.5) is 5.69 Å². The molecule has 182 valence electrons. The Balaban J connectivity index is 1.13. The van der Waals surface area contributed by atoms with Gasteiger partial charge in [-0.25, -0.2) is 9.97 Å². The van der Waals surface area contributed by atoms with E-state index in [-0.39, 0.29) is 0 Å². The lowest BCUT2D eigenvalue weighted by molar-refractivity contribution is -0.142. The van der Waals surface area contributed by atoms with Gasteiger partial charge in [-0.3, -0.25) is 4.79 Å². The van der Waals surface area contributed by atoms with E-state index in [0.717, 1.165) is 50.5 Å². The van der Waals surface area contributed by atoms with Crippen LogP contribution in [0.25, 0.3) is 0 Å². The quantitative estimate of drug-likeness (QED) is 0.546. The van der Waals surface area contributed by atoms with Crippen LogP contribution in [0.3, 0.4) is 0 Å². The summed E-state index contributed by atoms with van der Waals surface area (Å²) in [6.07, 6.45) is 11.7. The summed E-state index contributed by atoms with van der Waals surface area (Å²) >= 11 is 0. The second-order valence-electron chi connectivity index (χ2n) is 11.0. The van der Waals surface area contributed by atoms with E-state index in [0.29, 0.717) is 30.5 Å². The number of anilines is 1. The van der Waals surface area contributed by atoms with Crippen molar-refractivity contribution in [3.63, 3.8) is 0 Å². The van der Waals surface area contributed by atoms with Crippen LogP contribution in [-0.4, -0.2) is 65.8 Å². The monoisotopic (exact) mass is 464 g/mol. The maximum atomic E-state index is 10.7. The summed E-state index contributed by atoms with van der Waals surface area (Å²) < 4.78 is 11.3. The standard InChI is InChI=1S/C27H36N4O3/c1-26(2,34-20-32)18-33-25-6-4-3-5-24(25)21-8-11-30(12-9-21)22-7-10-27(13-22)16-31(17-27)23-14-28-19-29-15-23/h3-6,14-15,19-22H,7-13,16-18H2,1-2H3/t22-/m1/s1.